The number of aryl methyl sites for hydroxylation is 1. The van der Waals surface area contributed by atoms with E-state index >= 15 is 0 Å². The standard InChI is InChI=1S/C11H10FN3O4/c1-14-6-8(5-13-14)19-10-4-7(18-2)3-9(12)11(10)15(16)17/h3-6H,1-2H3. The van der Waals surface area contributed by atoms with Crippen molar-refractivity contribution in [2.75, 3.05) is 7.11 Å². The van der Waals surface area contributed by atoms with Gasteiger partial charge in [0.15, 0.2) is 5.75 Å². The fourth-order valence-electron chi connectivity index (χ4n) is 1.50. The summed E-state index contributed by atoms with van der Waals surface area (Å²) >= 11 is 0. The predicted molar refractivity (Wildman–Crippen MR) is 62.9 cm³/mol. The number of aromatic nitrogens is 2. The van der Waals surface area contributed by atoms with Gasteiger partial charge in [0.1, 0.15) is 5.75 Å². The zero-order chi connectivity index (χ0) is 14.0. The highest BCUT2D eigenvalue weighted by Crippen LogP contribution is 2.36. The predicted octanol–water partition coefficient (Wildman–Crippen LogP) is 2.27. The van der Waals surface area contributed by atoms with Gasteiger partial charge in [0.25, 0.3) is 0 Å². The summed E-state index contributed by atoms with van der Waals surface area (Å²) in [5.41, 5.74) is -0.746. The molecule has 0 spiro atoms. The first-order valence-corrected chi connectivity index (χ1v) is 5.19. The fraction of sp³-hybridized carbons (Fsp3) is 0.182. The van der Waals surface area contributed by atoms with Crippen LogP contribution < -0.4 is 9.47 Å². The number of hydrogen-bond acceptors (Lipinski definition) is 5. The summed E-state index contributed by atoms with van der Waals surface area (Å²) in [4.78, 5) is 10.0. The Labute approximate surface area is 107 Å². The van der Waals surface area contributed by atoms with Crippen molar-refractivity contribution in [3.8, 4) is 17.2 Å². The number of methoxy groups -OCH3 is 1. The van der Waals surface area contributed by atoms with Gasteiger partial charge in [0, 0.05) is 19.2 Å². The van der Waals surface area contributed by atoms with Crippen molar-refractivity contribution in [3.05, 3.63) is 40.5 Å². The Morgan fingerprint density at radius 1 is 1.42 bits per heavy atom. The zero-order valence-corrected chi connectivity index (χ0v) is 10.2. The van der Waals surface area contributed by atoms with Crippen LogP contribution in [0.5, 0.6) is 17.2 Å². The average molecular weight is 267 g/mol. The summed E-state index contributed by atoms with van der Waals surface area (Å²) in [5, 5.41) is 14.7. The van der Waals surface area contributed by atoms with Crippen molar-refractivity contribution in [2.45, 2.75) is 0 Å². The smallest absolute Gasteiger partial charge is 0.347 e. The van der Waals surface area contributed by atoms with Gasteiger partial charge in [-0.25, -0.2) is 0 Å². The minimum absolute atomic E-state index is 0.127. The molecule has 19 heavy (non-hydrogen) atoms. The zero-order valence-electron chi connectivity index (χ0n) is 10.2. The van der Waals surface area contributed by atoms with Crippen LogP contribution in [0.25, 0.3) is 0 Å². The summed E-state index contributed by atoms with van der Waals surface area (Å²) in [7, 11) is 2.99. The number of nitro groups is 1. The first kappa shape index (κ1) is 12.8. The van der Waals surface area contributed by atoms with Gasteiger partial charge in [0.05, 0.1) is 24.4 Å². The molecule has 1 aromatic heterocycles. The third-order valence-corrected chi connectivity index (χ3v) is 2.33. The highest BCUT2D eigenvalue weighted by atomic mass is 19.1. The molecule has 2 aromatic rings. The molecular weight excluding hydrogens is 257 g/mol. The molecule has 0 saturated heterocycles. The molecule has 2 rings (SSSR count). The van der Waals surface area contributed by atoms with Crippen LogP contribution in [0.1, 0.15) is 0 Å². The number of nitrogens with zero attached hydrogens (tertiary/aromatic N) is 3. The van der Waals surface area contributed by atoms with Crippen molar-refractivity contribution in [1.29, 1.82) is 0 Å². The number of hydrogen-bond donors (Lipinski definition) is 0. The second-order valence-corrected chi connectivity index (χ2v) is 3.66. The van der Waals surface area contributed by atoms with E-state index in [1.807, 2.05) is 0 Å². The molecule has 0 fully saturated rings. The summed E-state index contributed by atoms with van der Waals surface area (Å²) in [6.45, 7) is 0. The van der Waals surface area contributed by atoms with Crippen LogP contribution in [-0.4, -0.2) is 21.8 Å². The van der Waals surface area contributed by atoms with E-state index in [2.05, 4.69) is 5.10 Å². The van der Waals surface area contributed by atoms with E-state index in [1.54, 1.807) is 7.05 Å². The Balaban J connectivity index is 2.47. The van der Waals surface area contributed by atoms with Crippen molar-refractivity contribution < 1.29 is 18.8 Å². The summed E-state index contributed by atoms with van der Waals surface area (Å²) in [5.74, 6) is -0.877. The van der Waals surface area contributed by atoms with Crippen LogP contribution in [0, 0.1) is 15.9 Å². The molecule has 0 atom stereocenters. The van der Waals surface area contributed by atoms with E-state index in [1.165, 1.54) is 30.3 Å². The van der Waals surface area contributed by atoms with Crippen molar-refractivity contribution in [3.63, 3.8) is 0 Å². The van der Waals surface area contributed by atoms with Gasteiger partial charge < -0.3 is 9.47 Å². The molecule has 0 saturated carbocycles. The first-order valence-electron chi connectivity index (χ1n) is 5.19. The quantitative estimate of drug-likeness (QED) is 0.627. The minimum atomic E-state index is -1.02. The number of rotatable bonds is 4. The summed E-state index contributed by atoms with van der Waals surface area (Å²) < 4.78 is 25.2. The third kappa shape index (κ3) is 2.62. The lowest BCUT2D eigenvalue weighted by Gasteiger charge is -2.07. The average Bonchev–Trinajstić information content (AvgIpc) is 2.73. The molecule has 1 heterocycles. The van der Waals surface area contributed by atoms with E-state index in [4.69, 9.17) is 9.47 Å². The molecule has 0 amide bonds. The second-order valence-electron chi connectivity index (χ2n) is 3.66. The number of ether oxygens (including phenoxy) is 2. The van der Waals surface area contributed by atoms with Gasteiger partial charge in [-0.05, 0) is 0 Å². The Morgan fingerprint density at radius 2 is 2.16 bits per heavy atom. The van der Waals surface area contributed by atoms with E-state index in [0.29, 0.717) is 0 Å². The van der Waals surface area contributed by atoms with Crippen molar-refractivity contribution in [2.24, 2.45) is 7.05 Å². The Morgan fingerprint density at radius 3 is 2.68 bits per heavy atom. The van der Waals surface area contributed by atoms with Crippen molar-refractivity contribution >= 4 is 5.69 Å². The Kier molecular flexibility index (Phi) is 3.32. The SMILES string of the molecule is COc1cc(F)c([N+](=O)[O-])c(Oc2cnn(C)c2)c1. The molecule has 7 nitrogen and oxygen atoms in total. The monoisotopic (exact) mass is 267 g/mol. The third-order valence-electron chi connectivity index (χ3n) is 2.33. The van der Waals surface area contributed by atoms with E-state index in [-0.39, 0.29) is 17.2 Å². The van der Waals surface area contributed by atoms with Crippen LogP contribution in [-0.2, 0) is 7.05 Å². The Hall–Kier alpha value is -2.64. The lowest BCUT2D eigenvalue weighted by Crippen LogP contribution is -1.98. The molecule has 0 aliphatic carbocycles. The van der Waals surface area contributed by atoms with Crippen LogP contribution >= 0.6 is 0 Å². The molecule has 100 valence electrons. The van der Waals surface area contributed by atoms with Crippen molar-refractivity contribution in [1.82, 2.24) is 9.78 Å². The van der Waals surface area contributed by atoms with E-state index < -0.39 is 16.4 Å². The number of nitro benzene ring substituents is 1. The van der Waals surface area contributed by atoms with Gasteiger partial charge in [0.2, 0.25) is 11.6 Å². The number of benzene rings is 1. The van der Waals surface area contributed by atoms with Gasteiger partial charge in [-0.1, -0.05) is 0 Å². The van der Waals surface area contributed by atoms with E-state index in [0.717, 1.165) is 6.07 Å². The van der Waals surface area contributed by atoms with Gasteiger partial charge in [-0.15, -0.1) is 0 Å². The summed E-state index contributed by atoms with van der Waals surface area (Å²) in [6.07, 6.45) is 2.86. The van der Waals surface area contributed by atoms with Gasteiger partial charge in [-0.3, -0.25) is 14.8 Å². The Bertz CT molecular complexity index is 626. The molecule has 1 aromatic carbocycles. The maximum atomic E-state index is 13.6. The maximum Gasteiger partial charge on any atom is 0.347 e. The van der Waals surface area contributed by atoms with E-state index in [9.17, 15) is 14.5 Å². The van der Waals surface area contributed by atoms with Gasteiger partial charge >= 0.3 is 5.69 Å². The number of halogens is 1. The molecular formula is C11H10FN3O4. The van der Waals surface area contributed by atoms with Gasteiger partial charge in [-0.2, -0.15) is 9.49 Å². The largest absolute Gasteiger partial charge is 0.497 e. The molecule has 8 heteroatoms. The molecule has 0 unspecified atom stereocenters. The summed E-state index contributed by atoms with van der Waals surface area (Å²) in [6, 6.07) is 2.17. The molecule has 0 radical (unpaired) electrons. The van der Waals surface area contributed by atoms with Crippen LogP contribution in [0.2, 0.25) is 0 Å². The highest BCUT2D eigenvalue weighted by Gasteiger charge is 2.24. The first-order chi connectivity index (χ1) is 9.01. The topological polar surface area (TPSA) is 79.4 Å². The molecule has 0 aliphatic heterocycles. The molecule has 0 N–H and O–H groups in total. The van der Waals surface area contributed by atoms with Crippen LogP contribution in [0.15, 0.2) is 24.5 Å². The van der Waals surface area contributed by atoms with Crippen LogP contribution in [0.4, 0.5) is 10.1 Å². The lowest BCUT2D eigenvalue weighted by atomic mass is 10.2. The molecule has 0 bridgehead atoms. The highest BCUT2D eigenvalue weighted by molar-refractivity contribution is 5.53. The normalized spacial score (nSPS) is 10.3. The fourth-order valence-corrected chi connectivity index (χ4v) is 1.50. The lowest BCUT2D eigenvalue weighted by molar-refractivity contribution is -0.388. The minimum Gasteiger partial charge on any atom is -0.497 e. The second kappa shape index (κ2) is 4.92. The van der Waals surface area contributed by atoms with Crippen LogP contribution in [0.3, 0.4) is 0 Å². The molecule has 0 aliphatic rings. The maximum absolute atomic E-state index is 13.6.